The molecule has 3 heteroatoms. The number of rotatable bonds is 2. The minimum absolute atomic E-state index is 0.113. The number of hydrogen-bond donors (Lipinski definition) is 1. The topological polar surface area (TPSA) is 59.6 Å². The maximum atomic E-state index is 8.53. The standard InChI is InChI=1S/C11H9N3/c1-14-11-4-2-9(3-5-11)6-10(7-12)8-13/h2-6,14H,1H3. The monoisotopic (exact) mass is 183 g/mol. The fourth-order valence-corrected chi connectivity index (χ4v) is 1.00. The number of hydrogen-bond acceptors (Lipinski definition) is 3. The molecule has 0 amide bonds. The van der Waals surface area contributed by atoms with Crippen LogP contribution in [0.5, 0.6) is 0 Å². The van der Waals surface area contributed by atoms with Gasteiger partial charge in [0.1, 0.15) is 17.7 Å². The normalized spacial score (nSPS) is 8.21. The van der Waals surface area contributed by atoms with Gasteiger partial charge in [0.15, 0.2) is 0 Å². The highest BCUT2D eigenvalue weighted by Crippen LogP contribution is 2.11. The fourth-order valence-electron chi connectivity index (χ4n) is 1.00. The molecule has 0 aliphatic carbocycles. The molecule has 1 aromatic rings. The lowest BCUT2D eigenvalue weighted by molar-refractivity contribution is 1.47. The summed E-state index contributed by atoms with van der Waals surface area (Å²) in [5, 5.41) is 20.1. The van der Waals surface area contributed by atoms with Crippen LogP contribution >= 0.6 is 0 Å². The van der Waals surface area contributed by atoms with Gasteiger partial charge >= 0.3 is 0 Å². The Morgan fingerprint density at radius 2 is 1.79 bits per heavy atom. The van der Waals surface area contributed by atoms with Gasteiger partial charge in [0.05, 0.1) is 0 Å². The van der Waals surface area contributed by atoms with Crippen molar-refractivity contribution in [2.24, 2.45) is 0 Å². The minimum Gasteiger partial charge on any atom is -0.388 e. The number of nitrogens with one attached hydrogen (secondary N) is 1. The quantitative estimate of drug-likeness (QED) is 0.714. The van der Waals surface area contributed by atoms with Crippen LogP contribution in [0, 0.1) is 22.7 Å². The smallest absolute Gasteiger partial charge is 0.130 e. The van der Waals surface area contributed by atoms with Crippen molar-refractivity contribution in [1.29, 1.82) is 10.5 Å². The molecule has 0 unspecified atom stereocenters. The van der Waals surface area contributed by atoms with Crippen molar-refractivity contribution in [3.8, 4) is 12.1 Å². The molecule has 14 heavy (non-hydrogen) atoms. The lowest BCUT2D eigenvalue weighted by atomic mass is 10.1. The summed E-state index contributed by atoms with van der Waals surface area (Å²) in [6.45, 7) is 0. The van der Waals surface area contributed by atoms with Crippen molar-refractivity contribution in [3.63, 3.8) is 0 Å². The van der Waals surface area contributed by atoms with Crippen molar-refractivity contribution >= 4 is 11.8 Å². The highest BCUT2D eigenvalue weighted by atomic mass is 14.8. The first-order chi connectivity index (χ1) is 6.80. The van der Waals surface area contributed by atoms with Gasteiger partial charge in [0, 0.05) is 12.7 Å². The molecule has 3 nitrogen and oxygen atoms in total. The van der Waals surface area contributed by atoms with Gasteiger partial charge in [-0.05, 0) is 23.8 Å². The van der Waals surface area contributed by atoms with Crippen LogP contribution in [-0.4, -0.2) is 7.05 Å². The third kappa shape index (κ3) is 2.36. The molecular formula is C11H9N3. The molecule has 1 N–H and O–H groups in total. The highest BCUT2D eigenvalue weighted by molar-refractivity contribution is 5.63. The molecule has 1 rings (SSSR count). The molecule has 68 valence electrons. The van der Waals surface area contributed by atoms with E-state index < -0.39 is 0 Å². The Labute approximate surface area is 82.9 Å². The van der Waals surface area contributed by atoms with E-state index in [1.165, 1.54) is 0 Å². The number of benzene rings is 1. The van der Waals surface area contributed by atoms with Gasteiger partial charge in [-0.1, -0.05) is 12.1 Å². The third-order valence-corrected chi connectivity index (χ3v) is 1.75. The van der Waals surface area contributed by atoms with Gasteiger partial charge in [0.2, 0.25) is 0 Å². The van der Waals surface area contributed by atoms with E-state index in [-0.39, 0.29) is 5.57 Å². The van der Waals surface area contributed by atoms with Gasteiger partial charge in [-0.3, -0.25) is 0 Å². The van der Waals surface area contributed by atoms with Crippen LogP contribution < -0.4 is 5.32 Å². The second-order valence-electron chi connectivity index (χ2n) is 2.65. The van der Waals surface area contributed by atoms with E-state index in [2.05, 4.69) is 5.32 Å². The maximum absolute atomic E-state index is 8.53. The molecule has 0 aliphatic rings. The van der Waals surface area contributed by atoms with Gasteiger partial charge in [-0.25, -0.2) is 0 Å². The maximum Gasteiger partial charge on any atom is 0.130 e. The second kappa shape index (κ2) is 4.69. The Morgan fingerprint density at radius 3 is 2.21 bits per heavy atom. The van der Waals surface area contributed by atoms with E-state index >= 15 is 0 Å². The first-order valence-corrected chi connectivity index (χ1v) is 4.10. The molecule has 0 radical (unpaired) electrons. The summed E-state index contributed by atoms with van der Waals surface area (Å²) < 4.78 is 0. The number of anilines is 1. The average Bonchev–Trinajstić information content (AvgIpc) is 2.26. The molecule has 0 heterocycles. The summed E-state index contributed by atoms with van der Waals surface area (Å²) in [6.07, 6.45) is 1.56. The number of allylic oxidation sites excluding steroid dienone is 1. The molecule has 1 aromatic carbocycles. The zero-order valence-electron chi connectivity index (χ0n) is 7.78. The predicted molar refractivity (Wildman–Crippen MR) is 55.2 cm³/mol. The summed E-state index contributed by atoms with van der Waals surface area (Å²) in [5.74, 6) is 0. The SMILES string of the molecule is CNc1ccc(C=C(C#N)C#N)cc1. The predicted octanol–water partition coefficient (Wildman–Crippen LogP) is 2.16. The van der Waals surface area contributed by atoms with E-state index in [0.29, 0.717) is 0 Å². The van der Waals surface area contributed by atoms with Crippen molar-refractivity contribution in [3.05, 3.63) is 35.4 Å². The van der Waals surface area contributed by atoms with Crippen molar-refractivity contribution < 1.29 is 0 Å². The summed E-state index contributed by atoms with van der Waals surface area (Å²) >= 11 is 0. The molecule has 0 saturated heterocycles. The Morgan fingerprint density at radius 1 is 1.21 bits per heavy atom. The first kappa shape index (κ1) is 9.83. The van der Waals surface area contributed by atoms with E-state index in [1.54, 1.807) is 6.08 Å². The molecule has 0 saturated carbocycles. The van der Waals surface area contributed by atoms with E-state index in [9.17, 15) is 0 Å². The third-order valence-electron chi connectivity index (χ3n) is 1.75. The van der Waals surface area contributed by atoms with Gasteiger partial charge in [-0.15, -0.1) is 0 Å². The zero-order valence-corrected chi connectivity index (χ0v) is 7.78. The van der Waals surface area contributed by atoms with Crippen molar-refractivity contribution in [2.75, 3.05) is 12.4 Å². The van der Waals surface area contributed by atoms with Crippen molar-refractivity contribution in [1.82, 2.24) is 0 Å². The molecule has 0 aliphatic heterocycles. The van der Waals surface area contributed by atoms with E-state index in [4.69, 9.17) is 10.5 Å². The van der Waals surface area contributed by atoms with Crippen molar-refractivity contribution in [2.45, 2.75) is 0 Å². The van der Waals surface area contributed by atoms with Crippen LogP contribution in [0.3, 0.4) is 0 Å². The molecule has 0 bridgehead atoms. The minimum atomic E-state index is 0.113. The molecule has 0 fully saturated rings. The number of nitrogens with zero attached hydrogens (tertiary/aromatic N) is 2. The van der Waals surface area contributed by atoms with Gasteiger partial charge < -0.3 is 5.32 Å². The van der Waals surface area contributed by atoms with Gasteiger partial charge in [0.25, 0.3) is 0 Å². The summed E-state index contributed by atoms with van der Waals surface area (Å²) in [5.41, 5.74) is 1.96. The summed E-state index contributed by atoms with van der Waals surface area (Å²) in [7, 11) is 1.83. The zero-order chi connectivity index (χ0) is 10.4. The number of nitriles is 2. The molecule has 0 aromatic heterocycles. The summed E-state index contributed by atoms with van der Waals surface area (Å²) in [4.78, 5) is 0. The van der Waals surface area contributed by atoms with Crippen LogP contribution in [0.15, 0.2) is 29.8 Å². The molecule has 0 atom stereocenters. The molecule has 0 spiro atoms. The Hall–Kier alpha value is -2.26. The Balaban J connectivity index is 2.95. The van der Waals surface area contributed by atoms with E-state index in [0.717, 1.165) is 11.3 Å². The largest absolute Gasteiger partial charge is 0.388 e. The van der Waals surface area contributed by atoms with Crippen LogP contribution in [0.2, 0.25) is 0 Å². The Kier molecular flexibility index (Phi) is 3.29. The first-order valence-electron chi connectivity index (χ1n) is 4.10. The lowest BCUT2D eigenvalue weighted by Gasteiger charge is -1.98. The van der Waals surface area contributed by atoms with Crippen LogP contribution in [-0.2, 0) is 0 Å². The van der Waals surface area contributed by atoms with Crippen LogP contribution in [0.1, 0.15) is 5.56 Å². The summed E-state index contributed by atoms with van der Waals surface area (Å²) in [6, 6.07) is 11.1. The van der Waals surface area contributed by atoms with Crippen LogP contribution in [0.4, 0.5) is 5.69 Å². The molecular weight excluding hydrogens is 174 g/mol. The lowest BCUT2D eigenvalue weighted by Crippen LogP contribution is -1.86. The van der Waals surface area contributed by atoms with Crippen LogP contribution in [0.25, 0.3) is 6.08 Å². The Bertz CT molecular complexity index is 399. The highest BCUT2D eigenvalue weighted by Gasteiger charge is 1.93. The second-order valence-corrected chi connectivity index (χ2v) is 2.65. The average molecular weight is 183 g/mol. The van der Waals surface area contributed by atoms with Gasteiger partial charge in [-0.2, -0.15) is 10.5 Å². The fraction of sp³-hybridized carbons (Fsp3) is 0.0909. The van der Waals surface area contributed by atoms with E-state index in [1.807, 2.05) is 43.5 Å².